The molecule has 4 N–H and O–H groups in total. The molecule has 1 unspecified atom stereocenters. The molecule has 0 spiro atoms. The van der Waals surface area contributed by atoms with Crippen molar-refractivity contribution in [2.24, 2.45) is 0 Å². The molecule has 1 amide bonds. The number of aliphatic hydroxyl groups is 1. The number of amides is 1. The van der Waals surface area contributed by atoms with Gasteiger partial charge in [-0.15, -0.1) is 0 Å². The average Bonchev–Trinajstić information content (AvgIpc) is 2.69. The summed E-state index contributed by atoms with van der Waals surface area (Å²) < 4.78 is 5.72. The molecule has 1 aliphatic rings. The zero-order chi connectivity index (χ0) is 21.0. The maximum atomic E-state index is 12.7. The fraction of sp³-hybridized carbons (Fsp3) is 0.429. The van der Waals surface area contributed by atoms with Crippen LogP contribution in [0.2, 0.25) is 0 Å². The van der Waals surface area contributed by atoms with Gasteiger partial charge in [0.25, 0.3) is 0 Å². The zero-order valence-corrected chi connectivity index (χ0v) is 17.0. The maximum absolute atomic E-state index is 12.7. The molecule has 1 fully saturated rings. The predicted octanol–water partition coefficient (Wildman–Crippen LogP) is 2.36. The minimum absolute atomic E-state index is 0.0170. The van der Waals surface area contributed by atoms with E-state index in [-0.39, 0.29) is 30.4 Å². The third kappa shape index (κ3) is 4.94. The van der Waals surface area contributed by atoms with Crippen LogP contribution in [0.5, 0.6) is 11.5 Å². The van der Waals surface area contributed by atoms with E-state index in [9.17, 15) is 24.9 Å². The van der Waals surface area contributed by atoms with Gasteiger partial charge in [-0.1, -0.05) is 12.1 Å². The third-order valence-electron chi connectivity index (χ3n) is 5.22. The Labute approximate surface area is 172 Å². The zero-order valence-electron chi connectivity index (χ0n) is 16.2. The van der Waals surface area contributed by atoms with Gasteiger partial charge < -0.3 is 25.1 Å². The fourth-order valence-electron chi connectivity index (χ4n) is 3.64. The number of phenols is 1. The lowest BCUT2D eigenvalue weighted by molar-refractivity contribution is -0.123. The van der Waals surface area contributed by atoms with E-state index in [0.717, 1.165) is 11.5 Å². The molecule has 1 aliphatic heterocycles. The molecule has 8 heteroatoms. The molecule has 1 atom stereocenters. The van der Waals surface area contributed by atoms with Gasteiger partial charge in [-0.05, 0) is 49.0 Å². The van der Waals surface area contributed by atoms with Crippen molar-refractivity contribution >= 4 is 17.7 Å². The molecule has 2 aromatic rings. The van der Waals surface area contributed by atoms with Crippen molar-refractivity contribution in [1.82, 2.24) is 5.32 Å². The number of phenolic OH excluding ortho intramolecular Hbond substituents is 1. The number of carbonyl (C=O) groups excluding carboxylic acids is 1. The number of rotatable bonds is 6. The van der Waals surface area contributed by atoms with E-state index < -0.39 is 22.7 Å². The molecule has 0 saturated carbocycles. The summed E-state index contributed by atoms with van der Waals surface area (Å²) in [6.07, 6.45) is 0.273. The molecule has 2 heterocycles. The Kier molecular flexibility index (Phi) is 6.54. The van der Waals surface area contributed by atoms with Gasteiger partial charge in [0, 0.05) is 24.4 Å². The van der Waals surface area contributed by atoms with Crippen LogP contribution in [0, 0.1) is 6.92 Å². The Morgan fingerprint density at radius 1 is 1.28 bits per heavy atom. The second-order valence-electron chi connectivity index (χ2n) is 7.38. The highest BCUT2D eigenvalue weighted by Crippen LogP contribution is 2.44. The molecule has 29 heavy (non-hydrogen) atoms. The van der Waals surface area contributed by atoms with Gasteiger partial charge in [-0.25, -0.2) is 0 Å². The van der Waals surface area contributed by atoms with E-state index in [1.807, 2.05) is 0 Å². The lowest BCUT2D eigenvalue weighted by Gasteiger charge is -2.35. The van der Waals surface area contributed by atoms with Crippen LogP contribution in [0.25, 0.3) is 0 Å². The van der Waals surface area contributed by atoms with Crippen LogP contribution < -0.4 is 10.7 Å². The van der Waals surface area contributed by atoms with Gasteiger partial charge in [-0.2, -0.15) is 11.8 Å². The van der Waals surface area contributed by atoms with Crippen LogP contribution in [0.15, 0.2) is 39.5 Å². The minimum atomic E-state index is -0.964. The number of aryl methyl sites for hydroxylation is 1. The molecule has 0 radical (unpaired) electrons. The number of aliphatic hydroxyl groups excluding tert-OH is 1. The SMILES string of the molecule is Cc1cc(=O)c(O)c(C2(CC(=O)NCC(O)c3cccc(O)c3)CCSCC2)o1. The highest BCUT2D eigenvalue weighted by molar-refractivity contribution is 7.99. The van der Waals surface area contributed by atoms with Gasteiger partial charge in [-0.3, -0.25) is 9.59 Å². The number of hydrogen-bond donors (Lipinski definition) is 4. The quantitative estimate of drug-likeness (QED) is 0.567. The highest BCUT2D eigenvalue weighted by Gasteiger charge is 2.41. The van der Waals surface area contributed by atoms with Crippen LogP contribution >= 0.6 is 11.8 Å². The molecule has 7 nitrogen and oxygen atoms in total. The molecule has 3 rings (SSSR count). The summed E-state index contributed by atoms with van der Waals surface area (Å²) in [4.78, 5) is 24.8. The molecule has 156 valence electrons. The van der Waals surface area contributed by atoms with Gasteiger partial charge in [0.1, 0.15) is 11.5 Å². The molecule has 1 saturated heterocycles. The Bertz CT molecular complexity index is 935. The Hall–Kier alpha value is -2.45. The topological polar surface area (TPSA) is 120 Å². The van der Waals surface area contributed by atoms with Crippen molar-refractivity contribution in [3.05, 3.63) is 57.6 Å². The first kappa shape index (κ1) is 21.3. The number of thioether (sulfide) groups is 1. The van der Waals surface area contributed by atoms with Crippen LogP contribution in [-0.2, 0) is 10.2 Å². The number of nitrogens with one attached hydrogen (secondary N) is 1. The first-order valence-corrected chi connectivity index (χ1v) is 10.6. The van der Waals surface area contributed by atoms with Crippen molar-refractivity contribution in [2.75, 3.05) is 18.1 Å². The Balaban J connectivity index is 1.75. The smallest absolute Gasteiger partial charge is 0.227 e. The summed E-state index contributed by atoms with van der Waals surface area (Å²) in [5, 5.41) is 32.8. The molecule has 0 aliphatic carbocycles. The van der Waals surface area contributed by atoms with Gasteiger partial charge in [0.2, 0.25) is 17.1 Å². The lowest BCUT2D eigenvalue weighted by Crippen LogP contribution is -2.39. The maximum Gasteiger partial charge on any atom is 0.227 e. The summed E-state index contributed by atoms with van der Waals surface area (Å²) in [6, 6.07) is 7.45. The van der Waals surface area contributed by atoms with E-state index in [4.69, 9.17) is 4.42 Å². The standard InChI is InChI=1S/C21H25NO6S/c1-13-9-16(24)19(27)20(28-13)21(5-7-29-8-6-21)11-18(26)22-12-17(25)14-3-2-4-15(23)10-14/h2-4,9-10,17,23,25,27H,5-8,11-12H2,1H3,(H,22,26). The summed E-state index contributed by atoms with van der Waals surface area (Å²) in [7, 11) is 0. The monoisotopic (exact) mass is 419 g/mol. The van der Waals surface area contributed by atoms with Crippen LogP contribution in [0.4, 0.5) is 0 Å². The van der Waals surface area contributed by atoms with Crippen molar-refractivity contribution < 1.29 is 24.5 Å². The Morgan fingerprint density at radius 3 is 2.69 bits per heavy atom. The van der Waals surface area contributed by atoms with Gasteiger partial charge in [0.15, 0.2) is 5.76 Å². The number of benzene rings is 1. The van der Waals surface area contributed by atoms with Crippen LogP contribution in [0.1, 0.15) is 42.5 Å². The normalized spacial score (nSPS) is 16.9. The fourth-order valence-corrected chi connectivity index (χ4v) is 4.91. The molecule has 0 bridgehead atoms. The highest BCUT2D eigenvalue weighted by atomic mass is 32.2. The number of carbonyl (C=O) groups is 1. The van der Waals surface area contributed by atoms with E-state index in [1.54, 1.807) is 30.8 Å². The van der Waals surface area contributed by atoms with E-state index in [2.05, 4.69) is 5.32 Å². The van der Waals surface area contributed by atoms with Crippen molar-refractivity contribution in [3.8, 4) is 11.5 Å². The van der Waals surface area contributed by atoms with Gasteiger partial charge in [0.05, 0.1) is 6.10 Å². The van der Waals surface area contributed by atoms with E-state index >= 15 is 0 Å². The Morgan fingerprint density at radius 2 is 2.00 bits per heavy atom. The molecule has 1 aromatic carbocycles. The summed E-state index contributed by atoms with van der Waals surface area (Å²) in [5.74, 6) is 1.44. The number of hydrogen-bond acceptors (Lipinski definition) is 7. The summed E-state index contributed by atoms with van der Waals surface area (Å²) in [5.41, 5.74) is -0.780. The average molecular weight is 419 g/mol. The summed E-state index contributed by atoms with van der Waals surface area (Å²) in [6.45, 7) is 1.62. The second-order valence-corrected chi connectivity index (χ2v) is 8.61. The molecular formula is C21H25NO6S. The second kappa shape index (κ2) is 8.92. The first-order valence-electron chi connectivity index (χ1n) is 9.46. The van der Waals surface area contributed by atoms with Crippen molar-refractivity contribution in [2.45, 2.75) is 37.7 Å². The van der Waals surface area contributed by atoms with Gasteiger partial charge >= 0.3 is 0 Å². The predicted molar refractivity (Wildman–Crippen MR) is 110 cm³/mol. The van der Waals surface area contributed by atoms with Crippen molar-refractivity contribution in [3.63, 3.8) is 0 Å². The van der Waals surface area contributed by atoms with E-state index in [0.29, 0.717) is 24.2 Å². The van der Waals surface area contributed by atoms with E-state index in [1.165, 1.54) is 18.2 Å². The molecule has 1 aromatic heterocycles. The largest absolute Gasteiger partial charge is 0.508 e. The van der Waals surface area contributed by atoms with Crippen LogP contribution in [0.3, 0.4) is 0 Å². The summed E-state index contributed by atoms with van der Waals surface area (Å²) >= 11 is 1.75. The molecular weight excluding hydrogens is 394 g/mol. The third-order valence-corrected chi connectivity index (χ3v) is 6.21. The number of aromatic hydroxyl groups is 2. The first-order chi connectivity index (χ1) is 13.8. The lowest BCUT2D eigenvalue weighted by atomic mass is 9.75. The minimum Gasteiger partial charge on any atom is -0.508 e. The van der Waals surface area contributed by atoms with Crippen LogP contribution in [-0.4, -0.2) is 39.3 Å². The van der Waals surface area contributed by atoms with Crippen molar-refractivity contribution in [1.29, 1.82) is 0 Å².